The molecule has 1 aromatic carbocycles. The first kappa shape index (κ1) is 20.6. The number of aliphatic imine (C=N–C) groups is 1. The minimum absolute atomic E-state index is 0.236. The third kappa shape index (κ3) is 5.25. The second-order valence-corrected chi connectivity index (χ2v) is 8.04. The van der Waals surface area contributed by atoms with E-state index in [2.05, 4.69) is 27.8 Å². The Bertz CT molecular complexity index is 668. The summed E-state index contributed by atoms with van der Waals surface area (Å²) in [4.78, 5) is 18.3. The molecule has 0 radical (unpaired) electrons. The first-order valence-electron chi connectivity index (χ1n) is 10.5. The summed E-state index contributed by atoms with van der Waals surface area (Å²) in [6.45, 7) is 3.29. The van der Waals surface area contributed by atoms with Gasteiger partial charge >= 0.3 is 0 Å². The van der Waals surface area contributed by atoms with Crippen molar-refractivity contribution in [3.05, 3.63) is 29.8 Å². The summed E-state index contributed by atoms with van der Waals surface area (Å²) in [6, 6.07) is 8.27. The number of anilines is 1. The van der Waals surface area contributed by atoms with Crippen LogP contribution in [0.2, 0.25) is 0 Å². The predicted molar refractivity (Wildman–Crippen MR) is 114 cm³/mol. The number of carbonyl (C=O) groups is 1. The number of guanidine groups is 1. The van der Waals surface area contributed by atoms with Crippen LogP contribution in [-0.4, -0.2) is 45.7 Å². The average Bonchev–Trinajstić information content (AvgIpc) is 2.70. The lowest BCUT2D eigenvalue weighted by Gasteiger charge is -2.42. The van der Waals surface area contributed by atoms with Gasteiger partial charge in [0.1, 0.15) is 0 Å². The SMILES string of the molecule is CN=C(NCc1ccc(N2CCCCC2=O)cc1)NCC1(CCOC)CCC1. The Morgan fingerprint density at radius 2 is 1.96 bits per heavy atom. The van der Waals surface area contributed by atoms with Gasteiger partial charge in [-0.05, 0) is 55.2 Å². The number of ether oxygens (including phenoxy) is 1. The minimum Gasteiger partial charge on any atom is -0.385 e. The number of carbonyl (C=O) groups excluding carboxylic acids is 1. The van der Waals surface area contributed by atoms with Crippen molar-refractivity contribution in [1.29, 1.82) is 0 Å². The highest BCUT2D eigenvalue weighted by atomic mass is 16.5. The lowest BCUT2D eigenvalue weighted by atomic mass is 9.67. The number of methoxy groups -OCH3 is 1. The van der Waals surface area contributed by atoms with Crippen LogP contribution in [0, 0.1) is 5.41 Å². The molecule has 2 aliphatic rings. The monoisotopic (exact) mass is 386 g/mol. The van der Waals surface area contributed by atoms with Gasteiger partial charge in [-0.2, -0.15) is 0 Å². The molecular formula is C22H34N4O2. The number of nitrogens with zero attached hydrogens (tertiary/aromatic N) is 2. The van der Waals surface area contributed by atoms with Crippen molar-refractivity contribution in [2.24, 2.45) is 10.4 Å². The number of hydrogen-bond acceptors (Lipinski definition) is 3. The fourth-order valence-electron chi connectivity index (χ4n) is 4.06. The van der Waals surface area contributed by atoms with E-state index in [1.54, 1.807) is 7.11 Å². The maximum Gasteiger partial charge on any atom is 0.226 e. The molecule has 2 fully saturated rings. The Kier molecular flexibility index (Phi) is 7.31. The minimum atomic E-state index is 0.236. The van der Waals surface area contributed by atoms with Crippen molar-refractivity contribution < 1.29 is 9.53 Å². The molecule has 1 amide bonds. The summed E-state index contributed by atoms with van der Waals surface area (Å²) in [5, 5.41) is 6.89. The largest absolute Gasteiger partial charge is 0.385 e. The van der Waals surface area contributed by atoms with E-state index in [1.165, 1.54) is 24.8 Å². The quantitative estimate of drug-likeness (QED) is 0.532. The molecule has 1 heterocycles. The molecular weight excluding hydrogens is 352 g/mol. The fourth-order valence-corrected chi connectivity index (χ4v) is 4.06. The zero-order chi connectivity index (χ0) is 19.8. The van der Waals surface area contributed by atoms with Gasteiger partial charge in [-0.25, -0.2) is 0 Å². The Labute approximate surface area is 168 Å². The maximum atomic E-state index is 12.1. The normalized spacial score (nSPS) is 19.3. The van der Waals surface area contributed by atoms with Gasteiger partial charge in [-0.1, -0.05) is 18.6 Å². The van der Waals surface area contributed by atoms with Gasteiger partial charge in [-0.15, -0.1) is 0 Å². The van der Waals surface area contributed by atoms with E-state index in [-0.39, 0.29) is 5.91 Å². The topological polar surface area (TPSA) is 66.0 Å². The van der Waals surface area contributed by atoms with Gasteiger partial charge < -0.3 is 20.3 Å². The highest BCUT2D eigenvalue weighted by Crippen LogP contribution is 2.43. The van der Waals surface area contributed by atoms with Crippen LogP contribution in [0.15, 0.2) is 29.3 Å². The summed E-state index contributed by atoms with van der Waals surface area (Å²) < 4.78 is 5.27. The van der Waals surface area contributed by atoms with E-state index in [0.29, 0.717) is 18.4 Å². The zero-order valence-corrected chi connectivity index (χ0v) is 17.3. The van der Waals surface area contributed by atoms with Crippen LogP contribution in [0.5, 0.6) is 0 Å². The third-order valence-electron chi connectivity index (χ3n) is 6.14. The van der Waals surface area contributed by atoms with Gasteiger partial charge in [0.2, 0.25) is 5.91 Å². The van der Waals surface area contributed by atoms with Crippen LogP contribution in [0.3, 0.4) is 0 Å². The van der Waals surface area contributed by atoms with Crippen LogP contribution >= 0.6 is 0 Å². The molecule has 1 aromatic rings. The Morgan fingerprint density at radius 3 is 2.57 bits per heavy atom. The molecule has 3 rings (SSSR count). The smallest absolute Gasteiger partial charge is 0.226 e. The van der Waals surface area contributed by atoms with Crippen molar-refractivity contribution >= 4 is 17.6 Å². The highest BCUT2D eigenvalue weighted by Gasteiger charge is 2.36. The molecule has 1 saturated carbocycles. The molecule has 154 valence electrons. The number of hydrogen-bond donors (Lipinski definition) is 2. The third-order valence-corrected chi connectivity index (χ3v) is 6.14. The molecule has 1 aliphatic carbocycles. The molecule has 2 N–H and O–H groups in total. The second-order valence-electron chi connectivity index (χ2n) is 8.04. The Hall–Kier alpha value is -2.08. The van der Waals surface area contributed by atoms with Crippen molar-refractivity contribution in [2.45, 2.75) is 51.5 Å². The first-order chi connectivity index (χ1) is 13.7. The highest BCUT2D eigenvalue weighted by molar-refractivity contribution is 5.93. The molecule has 1 saturated heterocycles. The van der Waals surface area contributed by atoms with Crippen LogP contribution < -0.4 is 15.5 Å². The lowest BCUT2D eigenvalue weighted by molar-refractivity contribution is -0.119. The molecule has 0 spiro atoms. The average molecular weight is 387 g/mol. The van der Waals surface area contributed by atoms with Gasteiger partial charge in [0, 0.05) is 52.5 Å². The van der Waals surface area contributed by atoms with Gasteiger partial charge in [-0.3, -0.25) is 9.79 Å². The van der Waals surface area contributed by atoms with Crippen LogP contribution in [0.1, 0.15) is 50.5 Å². The summed E-state index contributed by atoms with van der Waals surface area (Å²) in [5.74, 6) is 1.07. The van der Waals surface area contributed by atoms with Gasteiger partial charge in [0.15, 0.2) is 5.96 Å². The molecule has 0 atom stereocenters. The molecule has 28 heavy (non-hydrogen) atoms. The zero-order valence-electron chi connectivity index (χ0n) is 17.3. The molecule has 0 aromatic heterocycles. The van der Waals surface area contributed by atoms with E-state index in [9.17, 15) is 4.79 Å². The predicted octanol–water partition coefficient (Wildman–Crippen LogP) is 3.08. The molecule has 6 nitrogen and oxygen atoms in total. The van der Waals surface area contributed by atoms with Crippen LogP contribution in [-0.2, 0) is 16.1 Å². The molecule has 0 unspecified atom stereocenters. The summed E-state index contributed by atoms with van der Waals surface area (Å²) >= 11 is 0. The summed E-state index contributed by atoms with van der Waals surface area (Å²) in [7, 11) is 3.58. The van der Waals surface area contributed by atoms with Crippen molar-refractivity contribution in [3.8, 4) is 0 Å². The molecule has 6 heteroatoms. The second kappa shape index (κ2) is 9.92. The van der Waals surface area contributed by atoms with Crippen LogP contribution in [0.25, 0.3) is 0 Å². The van der Waals surface area contributed by atoms with E-state index in [1.807, 2.05) is 24.1 Å². The van der Waals surface area contributed by atoms with E-state index >= 15 is 0 Å². The van der Waals surface area contributed by atoms with Crippen molar-refractivity contribution in [3.63, 3.8) is 0 Å². The van der Waals surface area contributed by atoms with Crippen molar-refractivity contribution in [2.75, 3.05) is 38.8 Å². The number of nitrogens with one attached hydrogen (secondary N) is 2. The first-order valence-corrected chi connectivity index (χ1v) is 10.5. The Balaban J connectivity index is 1.47. The van der Waals surface area contributed by atoms with E-state index in [0.717, 1.165) is 50.6 Å². The number of rotatable bonds is 8. The van der Waals surface area contributed by atoms with Gasteiger partial charge in [0.25, 0.3) is 0 Å². The standard InChI is InChI=1S/C22H34N4O2/c1-23-21(25-17-22(11-5-12-22)13-15-28-2)24-16-18-7-9-19(10-8-18)26-14-4-3-6-20(26)27/h7-10H,3-6,11-17H2,1-2H3,(H2,23,24,25). The summed E-state index contributed by atoms with van der Waals surface area (Å²) in [5.41, 5.74) is 2.53. The van der Waals surface area contributed by atoms with Crippen molar-refractivity contribution in [1.82, 2.24) is 10.6 Å². The van der Waals surface area contributed by atoms with Gasteiger partial charge in [0.05, 0.1) is 0 Å². The van der Waals surface area contributed by atoms with E-state index < -0.39 is 0 Å². The number of piperidine rings is 1. The fraction of sp³-hybridized carbons (Fsp3) is 0.636. The number of amides is 1. The number of benzene rings is 1. The van der Waals surface area contributed by atoms with E-state index in [4.69, 9.17) is 4.74 Å². The summed E-state index contributed by atoms with van der Waals surface area (Å²) in [6.07, 6.45) is 7.69. The maximum absolute atomic E-state index is 12.1. The van der Waals surface area contributed by atoms with Crippen LogP contribution in [0.4, 0.5) is 5.69 Å². The molecule has 0 bridgehead atoms. The molecule has 1 aliphatic heterocycles. The Morgan fingerprint density at radius 1 is 1.18 bits per heavy atom. The lowest BCUT2D eigenvalue weighted by Crippen LogP contribution is -2.46.